The van der Waals surface area contributed by atoms with Crippen LogP contribution in [0.25, 0.3) is 0 Å². The first kappa shape index (κ1) is 18.3. The van der Waals surface area contributed by atoms with E-state index >= 15 is 0 Å². The van der Waals surface area contributed by atoms with Gasteiger partial charge in [-0.3, -0.25) is 9.98 Å². The van der Waals surface area contributed by atoms with E-state index in [-0.39, 0.29) is 0 Å². The largest absolute Gasteiger partial charge is 0.255 e. The van der Waals surface area contributed by atoms with Gasteiger partial charge in [0.15, 0.2) is 0 Å². The van der Waals surface area contributed by atoms with Gasteiger partial charge < -0.3 is 0 Å². The topological polar surface area (TPSA) is 24.7 Å². The van der Waals surface area contributed by atoms with Crippen molar-refractivity contribution < 1.29 is 0 Å². The van der Waals surface area contributed by atoms with Crippen molar-refractivity contribution in [3.8, 4) is 0 Å². The van der Waals surface area contributed by atoms with Crippen LogP contribution < -0.4 is 0 Å². The number of hydrogen-bond donors (Lipinski definition) is 0. The molecule has 3 rings (SSSR count). The van der Waals surface area contributed by atoms with Crippen molar-refractivity contribution in [2.45, 2.75) is 33.6 Å². The Bertz CT molecular complexity index is 928. The lowest BCUT2D eigenvalue weighted by molar-refractivity contribution is 0.867. The second kappa shape index (κ2) is 8.24. The average Bonchev–Trinajstić information content (AvgIpc) is 3.07. The van der Waals surface area contributed by atoms with E-state index in [2.05, 4.69) is 81.2 Å². The van der Waals surface area contributed by atoms with Crippen LogP contribution in [-0.4, -0.2) is 12.4 Å². The van der Waals surface area contributed by atoms with Crippen molar-refractivity contribution in [1.29, 1.82) is 0 Å². The van der Waals surface area contributed by atoms with Gasteiger partial charge in [-0.1, -0.05) is 50.2 Å². The zero-order valence-corrected chi connectivity index (χ0v) is 16.5. The molecule has 0 spiro atoms. The molecule has 0 radical (unpaired) electrons. The molecule has 0 aliphatic carbocycles. The van der Waals surface area contributed by atoms with Gasteiger partial charge in [0.05, 0.1) is 11.4 Å². The number of thiophene rings is 1. The number of hydrogen-bond acceptors (Lipinski definition) is 3. The summed E-state index contributed by atoms with van der Waals surface area (Å²) < 4.78 is 0. The van der Waals surface area contributed by atoms with Gasteiger partial charge >= 0.3 is 0 Å². The van der Waals surface area contributed by atoms with Crippen molar-refractivity contribution in [3.63, 3.8) is 0 Å². The smallest absolute Gasteiger partial charge is 0.0688 e. The second-order valence-electron chi connectivity index (χ2n) is 6.71. The molecule has 0 atom stereocenters. The van der Waals surface area contributed by atoms with Crippen LogP contribution in [0.1, 0.15) is 46.2 Å². The Morgan fingerprint density at radius 3 is 2.04 bits per heavy atom. The van der Waals surface area contributed by atoms with Crippen LogP contribution in [0, 0.1) is 13.8 Å². The number of aryl methyl sites for hydroxylation is 2. The highest BCUT2D eigenvalue weighted by Crippen LogP contribution is 2.27. The summed E-state index contributed by atoms with van der Waals surface area (Å²) in [6.07, 6.45) is 3.89. The molecule has 132 valence electrons. The summed E-state index contributed by atoms with van der Waals surface area (Å²) in [6.45, 7) is 8.58. The summed E-state index contributed by atoms with van der Waals surface area (Å²) in [7, 11) is 0. The Balaban J connectivity index is 1.78. The molecule has 0 saturated carbocycles. The van der Waals surface area contributed by atoms with Crippen molar-refractivity contribution in [1.82, 2.24) is 0 Å². The van der Waals surface area contributed by atoms with Crippen LogP contribution in [0.5, 0.6) is 0 Å². The van der Waals surface area contributed by atoms with E-state index in [9.17, 15) is 0 Å². The van der Waals surface area contributed by atoms with Crippen LogP contribution in [0.4, 0.5) is 11.4 Å². The summed E-state index contributed by atoms with van der Waals surface area (Å²) >= 11 is 1.70. The van der Waals surface area contributed by atoms with E-state index in [1.807, 2.05) is 18.5 Å². The van der Waals surface area contributed by atoms with Gasteiger partial charge in [-0.05, 0) is 54.7 Å². The molecule has 0 N–H and O–H groups in total. The van der Waals surface area contributed by atoms with E-state index in [0.29, 0.717) is 5.92 Å². The molecule has 2 nitrogen and oxygen atoms in total. The van der Waals surface area contributed by atoms with E-state index in [4.69, 9.17) is 4.99 Å². The summed E-state index contributed by atoms with van der Waals surface area (Å²) in [6, 6.07) is 18.8. The zero-order valence-electron chi connectivity index (χ0n) is 15.7. The molecule has 3 aromatic rings. The maximum Gasteiger partial charge on any atom is 0.0688 e. The van der Waals surface area contributed by atoms with E-state index in [0.717, 1.165) is 21.1 Å². The minimum Gasteiger partial charge on any atom is -0.255 e. The minimum atomic E-state index is 0.465. The highest BCUT2D eigenvalue weighted by molar-refractivity contribution is 7.15. The fourth-order valence-corrected chi connectivity index (χ4v) is 3.63. The molecule has 0 saturated heterocycles. The average molecular weight is 361 g/mol. The van der Waals surface area contributed by atoms with Gasteiger partial charge in [-0.2, -0.15) is 0 Å². The summed E-state index contributed by atoms with van der Waals surface area (Å²) in [5, 5.41) is 0. The first-order valence-corrected chi connectivity index (χ1v) is 9.69. The molecule has 0 bridgehead atoms. The lowest BCUT2D eigenvalue weighted by Gasteiger charge is -2.07. The van der Waals surface area contributed by atoms with Crippen LogP contribution in [0.3, 0.4) is 0 Å². The summed E-state index contributed by atoms with van der Waals surface area (Å²) in [4.78, 5) is 11.6. The standard InChI is InChI=1S/C23H24N2S/c1-16(2)21-10-5-6-11-22(21)24-14-19-12-13-20(26-19)15-25-23-17(3)8-7-9-18(23)4/h5-16H,1-4H3. The fourth-order valence-electron chi connectivity index (χ4n) is 2.87. The Morgan fingerprint density at radius 1 is 0.769 bits per heavy atom. The zero-order chi connectivity index (χ0) is 18.5. The van der Waals surface area contributed by atoms with Crippen molar-refractivity contribution in [3.05, 3.63) is 81.0 Å². The molecule has 1 heterocycles. The highest BCUT2D eigenvalue weighted by Gasteiger charge is 2.04. The van der Waals surface area contributed by atoms with Crippen LogP contribution in [-0.2, 0) is 0 Å². The Morgan fingerprint density at radius 2 is 1.38 bits per heavy atom. The van der Waals surface area contributed by atoms with E-state index in [1.54, 1.807) is 11.3 Å². The molecule has 26 heavy (non-hydrogen) atoms. The van der Waals surface area contributed by atoms with Gasteiger partial charge in [0.25, 0.3) is 0 Å². The maximum atomic E-state index is 4.70. The SMILES string of the molecule is Cc1cccc(C)c1N=Cc1ccc(C=Nc2ccccc2C(C)C)s1. The first-order valence-electron chi connectivity index (χ1n) is 8.87. The van der Waals surface area contributed by atoms with Crippen molar-refractivity contribution in [2.24, 2.45) is 9.98 Å². The third-order valence-corrected chi connectivity index (χ3v) is 5.25. The number of aliphatic imine (C=N–C) groups is 2. The van der Waals surface area contributed by atoms with Gasteiger partial charge in [-0.25, -0.2) is 0 Å². The Labute approximate surface area is 160 Å². The third kappa shape index (κ3) is 4.36. The fraction of sp³-hybridized carbons (Fsp3) is 0.217. The lowest BCUT2D eigenvalue weighted by Crippen LogP contribution is -1.87. The molecular weight excluding hydrogens is 336 g/mol. The number of para-hydroxylation sites is 2. The molecule has 0 fully saturated rings. The highest BCUT2D eigenvalue weighted by atomic mass is 32.1. The van der Waals surface area contributed by atoms with Gasteiger partial charge in [0, 0.05) is 22.2 Å². The predicted octanol–water partition coefficient (Wildman–Crippen LogP) is 6.99. The summed E-state index contributed by atoms with van der Waals surface area (Å²) in [5.74, 6) is 0.465. The molecule has 1 aromatic heterocycles. The molecule has 0 amide bonds. The van der Waals surface area contributed by atoms with E-state index < -0.39 is 0 Å². The monoisotopic (exact) mass is 360 g/mol. The van der Waals surface area contributed by atoms with Gasteiger partial charge in [0.1, 0.15) is 0 Å². The number of rotatable bonds is 5. The van der Waals surface area contributed by atoms with Crippen molar-refractivity contribution in [2.75, 3.05) is 0 Å². The number of nitrogens with zero attached hydrogens (tertiary/aromatic N) is 2. The normalized spacial score (nSPS) is 11.9. The molecular formula is C23H24N2S. The van der Waals surface area contributed by atoms with Crippen LogP contribution >= 0.6 is 11.3 Å². The van der Waals surface area contributed by atoms with Crippen molar-refractivity contribution >= 4 is 35.1 Å². The maximum absolute atomic E-state index is 4.70. The van der Waals surface area contributed by atoms with Gasteiger partial charge in [-0.15, -0.1) is 11.3 Å². The molecule has 2 aromatic carbocycles. The number of benzene rings is 2. The first-order chi connectivity index (χ1) is 12.5. The lowest BCUT2D eigenvalue weighted by atomic mass is 10.0. The third-order valence-electron chi connectivity index (χ3n) is 4.30. The quantitative estimate of drug-likeness (QED) is 0.438. The Kier molecular flexibility index (Phi) is 5.79. The Hall–Kier alpha value is -2.52. The second-order valence-corrected chi connectivity index (χ2v) is 7.86. The van der Waals surface area contributed by atoms with Gasteiger partial charge in [0.2, 0.25) is 0 Å². The minimum absolute atomic E-state index is 0.465. The molecule has 0 aliphatic heterocycles. The molecule has 0 unspecified atom stereocenters. The molecule has 3 heteroatoms. The van der Waals surface area contributed by atoms with Crippen LogP contribution in [0.15, 0.2) is 64.6 Å². The summed E-state index contributed by atoms with van der Waals surface area (Å²) in [5.41, 5.74) is 5.77. The van der Waals surface area contributed by atoms with Crippen LogP contribution in [0.2, 0.25) is 0 Å². The predicted molar refractivity (Wildman–Crippen MR) is 115 cm³/mol. The molecule has 0 aliphatic rings. The van der Waals surface area contributed by atoms with E-state index in [1.165, 1.54) is 16.7 Å².